The van der Waals surface area contributed by atoms with Gasteiger partial charge in [-0.05, 0) is 42.8 Å². The highest BCUT2D eigenvalue weighted by molar-refractivity contribution is 7.92. The number of hydrogen-bond acceptors (Lipinski definition) is 4. The number of anilines is 1. The molecule has 1 N–H and O–H groups in total. The number of carbonyl (C=O) groups is 1. The maximum absolute atomic E-state index is 11.2. The van der Waals surface area contributed by atoms with Crippen molar-refractivity contribution in [2.45, 2.75) is 6.92 Å². The molecule has 0 saturated carbocycles. The van der Waals surface area contributed by atoms with Crippen LogP contribution < -0.4 is 4.72 Å². The molecule has 100 valence electrons. The molecule has 0 radical (unpaired) electrons. The summed E-state index contributed by atoms with van der Waals surface area (Å²) >= 11 is 0. The van der Waals surface area contributed by atoms with E-state index in [1.54, 1.807) is 37.3 Å². The third-order valence-corrected chi connectivity index (χ3v) is 3.14. The predicted molar refractivity (Wildman–Crippen MR) is 72.7 cm³/mol. The van der Waals surface area contributed by atoms with E-state index in [0.29, 0.717) is 17.7 Å². The summed E-state index contributed by atoms with van der Waals surface area (Å²) in [6, 6.07) is 8.46. The van der Waals surface area contributed by atoms with Gasteiger partial charge in [0, 0.05) is 5.56 Å². The van der Waals surface area contributed by atoms with Crippen molar-refractivity contribution in [3.05, 3.63) is 41.7 Å². The Bertz CT molecular complexity index is 716. The topological polar surface area (TPSA) is 76.4 Å². The van der Waals surface area contributed by atoms with Crippen LogP contribution in [-0.2, 0) is 10.0 Å². The number of nitrogens with one attached hydrogen (secondary N) is 1. The number of hydrogen-bond donors (Lipinski definition) is 1. The molecular weight excluding hydrogens is 266 g/mol. The summed E-state index contributed by atoms with van der Waals surface area (Å²) in [6.45, 7) is 1.79. The van der Waals surface area contributed by atoms with Gasteiger partial charge < -0.3 is 4.42 Å². The van der Waals surface area contributed by atoms with Gasteiger partial charge in [-0.25, -0.2) is 8.42 Å². The maximum atomic E-state index is 11.2. The largest absolute Gasteiger partial charge is 0.453 e. The van der Waals surface area contributed by atoms with Crippen LogP contribution in [0.3, 0.4) is 0 Å². The van der Waals surface area contributed by atoms with Crippen LogP contribution in [-0.4, -0.2) is 21.0 Å². The monoisotopic (exact) mass is 279 g/mol. The van der Waals surface area contributed by atoms with Crippen molar-refractivity contribution in [1.82, 2.24) is 0 Å². The number of benzene rings is 1. The number of aryl methyl sites for hydroxylation is 1. The standard InChI is InChI=1S/C13H13NO4S/c1-9-7-10(13-6-4-11(8-15)18-13)3-5-12(9)14-19(2,16)17/h3-8,14H,1-2H3. The highest BCUT2D eigenvalue weighted by Crippen LogP contribution is 2.26. The van der Waals surface area contributed by atoms with Crippen molar-refractivity contribution in [3.8, 4) is 11.3 Å². The first-order valence-electron chi connectivity index (χ1n) is 5.53. The van der Waals surface area contributed by atoms with Crippen molar-refractivity contribution in [3.63, 3.8) is 0 Å². The molecule has 1 heterocycles. The van der Waals surface area contributed by atoms with E-state index >= 15 is 0 Å². The van der Waals surface area contributed by atoms with Crippen LogP contribution in [0.5, 0.6) is 0 Å². The molecule has 0 saturated heterocycles. The smallest absolute Gasteiger partial charge is 0.229 e. The van der Waals surface area contributed by atoms with Crippen molar-refractivity contribution in [2.24, 2.45) is 0 Å². The Hall–Kier alpha value is -2.08. The van der Waals surface area contributed by atoms with Crippen molar-refractivity contribution in [1.29, 1.82) is 0 Å². The molecule has 6 heteroatoms. The number of rotatable bonds is 4. The minimum absolute atomic E-state index is 0.256. The van der Waals surface area contributed by atoms with E-state index in [1.165, 1.54) is 0 Å². The third kappa shape index (κ3) is 3.23. The molecule has 1 aromatic heterocycles. The maximum Gasteiger partial charge on any atom is 0.229 e. The van der Waals surface area contributed by atoms with Gasteiger partial charge in [-0.2, -0.15) is 0 Å². The van der Waals surface area contributed by atoms with Crippen LogP contribution in [0.4, 0.5) is 5.69 Å². The first kappa shape index (κ1) is 13.4. The summed E-state index contributed by atoms with van der Waals surface area (Å²) in [6.07, 6.45) is 1.74. The van der Waals surface area contributed by atoms with Crippen molar-refractivity contribution < 1.29 is 17.6 Å². The number of aldehydes is 1. The van der Waals surface area contributed by atoms with Crippen LogP contribution >= 0.6 is 0 Å². The van der Waals surface area contributed by atoms with Gasteiger partial charge in [-0.15, -0.1) is 0 Å². The first-order valence-corrected chi connectivity index (χ1v) is 7.42. The van der Waals surface area contributed by atoms with Crippen LogP contribution in [0.2, 0.25) is 0 Å². The second-order valence-electron chi connectivity index (χ2n) is 4.22. The van der Waals surface area contributed by atoms with Gasteiger partial charge in [-0.1, -0.05) is 0 Å². The lowest BCUT2D eigenvalue weighted by molar-refractivity contribution is 0.110. The van der Waals surface area contributed by atoms with Gasteiger partial charge in [0.05, 0.1) is 11.9 Å². The van der Waals surface area contributed by atoms with Gasteiger partial charge >= 0.3 is 0 Å². The summed E-state index contributed by atoms with van der Waals surface area (Å²) in [5.74, 6) is 0.821. The second-order valence-corrected chi connectivity index (χ2v) is 5.97. The van der Waals surface area contributed by atoms with Crippen LogP contribution in [0.15, 0.2) is 34.7 Å². The number of carbonyl (C=O) groups excluding carboxylic acids is 1. The average Bonchev–Trinajstić information content (AvgIpc) is 2.79. The van der Waals surface area contributed by atoms with E-state index in [2.05, 4.69) is 4.72 Å². The van der Waals surface area contributed by atoms with Crippen LogP contribution in [0, 0.1) is 6.92 Å². The second kappa shape index (κ2) is 4.89. The molecule has 5 nitrogen and oxygen atoms in total. The lowest BCUT2D eigenvalue weighted by Gasteiger charge is -2.08. The molecule has 1 aromatic carbocycles. The third-order valence-electron chi connectivity index (χ3n) is 2.55. The van der Waals surface area contributed by atoms with Crippen molar-refractivity contribution >= 4 is 22.0 Å². The Kier molecular flexibility index (Phi) is 3.44. The van der Waals surface area contributed by atoms with Gasteiger partial charge in [0.25, 0.3) is 0 Å². The SMILES string of the molecule is Cc1cc(-c2ccc(C=O)o2)ccc1NS(C)(=O)=O. The van der Waals surface area contributed by atoms with Gasteiger partial charge in [0.15, 0.2) is 12.0 Å². The van der Waals surface area contributed by atoms with E-state index in [0.717, 1.165) is 17.4 Å². The molecular formula is C13H13NO4S. The highest BCUT2D eigenvalue weighted by atomic mass is 32.2. The van der Waals surface area contributed by atoms with E-state index in [4.69, 9.17) is 4.42 Å². The van der Waals surface area contributed by atoms with Crippen molar-refractivity contribution in [2.75, 3.05) is 11.0 Å². The normalized spacial score (nSPS) is 11.3. The Morgan fingerprint density at radius 1 is 1.21 bits per heavy atom. The zero-order chi connectivity index (χ0) is 14.0. The summed E-state index contributed by atoms with van der Waals surface area (Å²) in [7, 11) is -3.30. The Morgan fingerprint density at radius 2 is 1.95 bits per heavy atom. The van der Waals surface area contributed by atoms with Crippen LogP contribution in [0.1, 0.15) is 16.1 Å². The Morgan fingerprint density at radius 3 is 2.47 bits per heavy atom. The molecule has 0 spiro atoms. The molecule has 0 amide bonds. The lowest BCUT2D eigenvalue weighted by atomic mass is 10.1. The van der Waals surface area contributed by atoms with E-state index in [-0.39, 0.29) is 5.76 Å². The molecule has 19 heavy (non-hydrogen) atoms. The van der Waals surface area contributed by atoms with E-state index in [1.807, 2.05) is 0 Å². The summed E-state index contributed by atoms with van der Waals surface area (Å²) < 4.78 is 30.1. The summed E-state index contributed by atoms with van der Waals surface area (Å²) in [4.78, 5) is 10.6. The molecule has 2 aromatic rings. The highest BCUT2D eigenvalue weighted by Gasteiger charge is 2.08. The Labute approximate surface area is 111 Å². The summed E-state index contributed by atoms with van der Waals surface area (Å²) in [5.41, 5.74) is 2.07. The van der Waals surface area contributed by atoms with E-state index < -0.39 is 10.0 Å². The predicted octanol–water partition coefficient (Wildman–Crippen LogP) is 2.44. The first-order chi connectivity index (χ1) is 8.89. The molecule has 0 atom stereocenters. The minimum atomic E-state index is -3.30. The zero-order valence-corrected chi connectivity index (χ0v) is 11.3. The van der Waals surface area contributed by atoms with Gasteiger partial charge in [-0.3, -0.25) is 9.52 Å². The minimum Gasteiger partial charge on any atom is -0.453 e. The number of furan rings is 1. The fourth-order valence-corrected chi connectivity index (χ4v) is 2.33. The quantitative estimate of drug-likeness (QED) is 0.872. The lowest BCUT2D eigenvalue weighted by Crippen LogP contribution is -2.10. The molecule has 0 aliphatic heterocycles. The fraction of sp³-hybridized carbons (Fsp3) is 0.154. The zero-order valence-electron chi connectivity index (χ0n) is 10.5. The molecule has 0 aliphatic carbocycles. The fourth-order valence-electron chi connectivity index (χ4n) is 1.70. The van der Waals surface area contributed by atoms with Crippen LogP contribution in [0.25, 0.3) is 11.3 Å². The molecule has 2 rings (SSSR count). The van der Waals surface area contributed by atoms with E-state index in [9.17, 15) is 13.2 Å². The molecule has 0 aliphatic rings. The van der Waals surface area contributed by atoms with Gasteiger partial charge in [0.1, 0.15) is 5.76 Å². The molecule has 0 fully saturated rings. The number of sulfonamides is 1. The average molecular weight is 279 g/mol. The Balaban J connectivity index is 2.35. The molecule has 0 unspecified atom stereocenters. The molecule has 0 bridgehead atoms. The summed E-state index contributed by atoms with van der Waals surface area (Å²) in [5, 5.41) is 0. The van der Waals surface area contributed by atoms with Gasteiger partial charge in [0.2, 0.25) is 10.0 Å².